The van der Waals surface area contributed by atoms with Crippen molar-refractivity contribution in [1.29, 1.82) is 0 Å². The molecule has 100 valence electrons. The minimum atomic E-state index is 0.113. The summed E-state index contributed by atoms with van der Waals surface area (Å²) in [5.74, 6) is 0. The molecule has 4 heteroatoms. The zero-order chi connectivity index (χ0) is 13.2. The van der Waals surface area contributed by atoms with Crippen LogP contribution in [0.15, 0.2) is 33.8 Å². The summed E-state index contributed by atoms with van der Waals surface area (Å²) in [6.07, 6.45) is 3.31. The van der Waals surface area contributed by atoms with Gasteiger partial charge in [-0.15, -0.1) is 0 Å². The second-order valence-corrected chi connectivity index (χ2v) is 5.80. The van der Waals surface area contributed by atoms with E-state index in [1.54, 1.807) is 17.4 Å². The quantitative estimate of drug-likeness (QED) is 0.933. The first-order valence-corrected chi connectivity index (χ1v) is 7.65. The molecule has 0 fully saturated rings. The molecule has 1 N–H and O–H groups in total. The van der Waals surface area contributed by atoms with Gasteiger partial charge in [0, 0.05) is 17.8 Å². The molecule has 2 heterocycles. The lowest BCUT2D eigenvalue weighted by Crippen LogP contribution is -2.30. The van der Waals surface area contributed by atoms with Crippen LogP contribution in [0.25, 0.3) is 0 Å². The van der Waals surface area contributed by atoms with Crippen LogP contribution in [-0.2, 0) is 13.0 Å². The first-order valence-electron chi connectivity index (χ1n) is 6.70. The van der Waals surface area contributed by atoms with Gasteiger partial charge in [0.15, 0.2) is 0 Å². The van der Waals surface area contributed by atoms with Crippen LogP contribution in [0.4, 0.5) is 0 Å². The number of thiophene rings is 1. The number of aromatic nitrogens is 1. The van der Waals surface area contributed by atoms with Crippen molar-refractivity contribution in [3.8, 4) is 0 Å². The first kappa shape index (κ1) is 12.6. The monoisotopic (exact) mass is 274 g/mol. The average Bonchev–Trinajstić information content (AvgIpc) is 2.94. The maximum absolute atomic E-state index is 12.2. The lowest BCUT2D eigenvalue weighted by molar-refractivity contribution is 0.473. The van der Waals surface area contributed by atoms with E-state index in [9.17, 15) is 4.79 Å². The summed E-state index contributed by atoms with van der Waals surface area (Å²) in [4.78, 5) is 12.2. The Labute approximate surface area is 116 Å². The molecule has 0 saturated carbocycles. The van der Waals surface area contributed by atoms with Gasteiger partial charge in [0.25, 0.3) is 5.56 Å². The van der Waals surface area contributed by atoms with Gasteiger partial charge in [-0.05, 0) is 54.3 Å². The van der Waals surface area contributed by atoms with Gasteiger partial charge in [-0.2, -0.15) is 11.3 Å². The van der Waals surface area contributed by atoms with Crippen LogP contribution in [0, 0.1) is 0 Å². The van der Waals surface area contributed by atoms with E-state index < -0.39 is 0 Å². The van der Waals surface area contributed by atoms with Crippen LogP contribution in [0.3, 0.4) is 0 Å². The summed E-state index contributed by atoms with van der Waals surface area (Å²) in [6.45, 7) is 0.696. The lowest BCUT2D eigenvalue weighted by Gasteiger charge is -2.27. The molecular weight excluding hydrogens is 256 g/mol. The van der Waals surface area contributed by atoms with Crippen molar-refractivity contribution in [2.45, 2.75) is 31.8 Å². The van der Waals surface area contributed by atoms with Crippen molar-refractivity contribution in [2.24, 2.45) is 0 Å². The highest BCUT2D eigenvalue weighted by Crippen LogP contribution is 2.28. The van der Waals surface area contributed by atoms with E-state index in [0.717, 1.165) is 19.3 Å². The molecule has 0 radical (unpaired) electrons. The van der Waals surface area contributed by atoms with Crippen LogP contribution in [-0.4, -0.2) is 11.6 Å². The highest BCUT2D eigenvalue weighted by molar-refractivity contribution is 7.07. The fourth-order valence-corrected chi connectivity index (χ4v) is 3.56. The van der Waals surface area contributed by atoms with Crippen molar-refractivity contribution < 1.29 is 0 Å². The Kier molecular flexibility index (Phi) is 3.53. The van der Waals surface area contributed by atoms with Crippen LogP contribution in [0.5, 0.6) is 0 Å². The molecule has 0 saturated heterocycles. The van der Waals surface area contributed by atoms with Crippen LogP contribution < -0.4 is 10.9 Å². The maximum atomic E-state index is 12.2. The van der Waals surface area contributed by atoms with E-state index >= 15 is 0 Å². The number of nitrogens with zero attached hydrogens (tertiary/aromatic N) is 1. The molecule has 0 bridgehead atoms. The lowest BCUT2D eigenvalue weighted by atomic mass is 9.91. The molecule has 1 atom stereocenters. The highest BCUT2D eigenvalue weighted by atomic mass is 32.1. The van der Waals surface area contributed by atoms with E-state index in [1.807, 2.05) is 17.7 Å². The summed E-state index contributed by atoms with van der Waals surface area (Å²) in [6, 6.07) is 6.19. The van der Waals surface area contributed by atoms with E-state index in [0.29, 0.717) is 12.6 Å². The normalized spacial score (nSPS) is 18.3. The van der Waals surface area contributed by atoms with Crippen molar-refractivity contribution in [1.82, 2.24) is 9.88 Å². The van der Waals surface area contributed by atoms with Crippen molar-refractivity contribution >= 4 is 11.3 Å². The zero-order valence-corrected chi connectivity index (χ0v) is 11.9. The Morgan fingerprint density at radius 1 is 1.42 bits per heavy atom. The van der Waals surface area contributed by atoms with E-state index in [1.165, 1.54) is 16.8 Å². The number of hydrogen-bond acceptors (Lipinski definition) is 3. The van der Waals surface area contributed by atoms with Gasteiger partial charge in [0.2, 0.25) is 0 Å². The fourth-order valence-electron chi connectivity index (χ4n) is 2.90. The Balaban J connectivity index is 2.06. The fraction of sp³-hybridized carbons (Fsp3) is 0.400. The Morgan fingerprint density at radius 2 is 2.32 bits per heavy atom. The summed E-state index contributed by atoms with van der Waals surface area (Å²) < 4.78 is 1.95. The van der Waals surface area contributed by atoms with E-state index in [2.05, 4.69) is 22.1 Å². The molecule has 1 unspecified atom stereocenters. The van der Waals surface area contributed by atoms with Crippen molar-refractivity contribution in [3.63, 3.8) is 0 Å². The van der Waals surface area contributed by atoms with Gasteiger partial charge in [-0.3, -0.25) is 4.79 Å². The highest BCUT2D eigenvalue weighted by Gasteiger charge is 2.21. The molecular formula is C15H18N2OS. The van der Waals surface area contributed by atoms with Gasteiger partial charge in [-0.25, -0.2) is 0 Å². The van der Waals surface area contributed by atoms with Crippen LogP contribution in [0.1, 0.15) is 35.7 Å². The Morgan fingerprint density at radius 3 is 3.05 bits per heavy atom. The summed E-state index contributed by atoms with van der Waals surface area (Å²) >= 11 is 1.68. The van der Waals surface area contributed by atoms with E-state index in [-0.39, 0.29) is 5.56 Å². The van der Waals surface area contributed by atoms with Gasteiger partial charge in [0.05, 0.1) is 6.54 Å². The van der Waals surface area contributed by atoms with Crippen LogP contribution >= 0.6 is 11.3 Å². The van der Waals surface area contributed by atoms with Gasteiger partial charge >= 0.3 is 0 Å². The second-order valence-electron chi connectivity index (χ2n) is 5.02. The number of hydrogen-bond donors (Lipinski definition) is 1. The minimum absolute atomic E-state index is 0.113. The molecule has 2 aromatic rings. The molecule has 0 amide bonds. The molecule has 0 spiro atoms. The Bertz CT molecular complexity index is 616. The molecule has 1 aliphatic rings. The molecule has 19 heavy (non-hydrogen) atoms. The van der Waals surface area contributed by atoms with Gasteiger partial charge in [0.1, 0.15) is 0 Å². The average molecular weight is 274 g/mol. The van der Waals surface area contributed by atoms with Crippen molar-refractivity contribution in [2.75, 3.05) is 7.05 Å². The molecule has 3 rings (SSSR count). The molecule has 0 aliphatic heterocycles. The third kappa shape index (κ3) is 2.38. The second kappa shape index (κ2) is 5.31. The predicted octanol–water partition coefficient (Wildman–Crippen LogP) is 2.55. The minimum Gasteiger partial charge on any atom is -0.313 e. The molecule has 2 aromatic heterocycles. The summed E-state index contributed by atoms with van der Waals surface area (Å²) in [5.41, 5.74) is 3.83. The number of fused-ring (bicyclic) bond motifs is 1. The van der Waals surface area contributed by atoms with Crippen molar-refractivity contribution in [3.05, 3.63) is 56.1 Å². The third-order valence-electron chi connectivity index (χ3n) is 3.88. The topological polar surface area (TPSA) is 34.0 Å². The number of pyridine rings is 1. The SMILES string of the molecule is CNC1CCCc2c1ccc(=O)n2Cc1ccsc1. The maximum Gasteiger partial charge on any atom is 0.251 e. The number of nitrogens with one attached hydrogen (secondary N) is 1. The molecule has 3 nitrogen and oxygen atoms in total. The Hall–Kier alpha value is -1.39. The summed E-state index contributed by atoms with van der Waals surface area (Å²) in [7, 11) is 1.99. The smallest absolute Gasteiger partial charge is 0.251 e. The van der Waals surface area contributed by atoms with E-state index in [4.69, 9.17) is 0 Å². The summed E-state index contributed by atoms with van der Waals surface area (Å²) in [5, 5.41) is 7.53. The first-order chi connectivity index (χ1) is 9.29. The number of rotatable bonds is 3. The predicted molar refractivity (Wildman–Crippen MR) is 78.9 cm³/mol. The third-order valence-corrected chi connectivity index (χ3v) is 4.61. The van der Waals surface area contributed by atoms with Crippen LogP contribution in [0.2, 0.25) is 0 Å². The van der Waals surface area contributed by atoms with Gasteiger partial charge < -0.3 is 9.88 Å². The molecule has 0 aromatic carbocycles. The zero-order valence-electron chi connectivity index (χ0n) is 11.1. The largest absolute Gasteiger partial charge is 0.313 e. The van der Waals surface area contributed by atoms with Gasteiger partial charge in [-0.1, -0.05) is 6.07 Å². The molecule has 1 aliphatic carbocycles. The standard InChI is InChI=1S/C15H18N2OS/c1-16-13-3-2-4-14-12(13)5-6-15(18)17(14)9-11-7-8-19-10-11/h5-8,10,13,16H,2-4,9H2,1H3.